The van der Waals surface area contributed by atoms with Crippen molar-refractivity contribution in [1.82, 2.24) is 5.32 Å². The molecule has 0 heterocycles. The van der Waals surface area contributed by atoms with Crippen molar-refractivity contribution in [1.29, 1.82) is 0 Å². The molecule has 4 aliphatic rings. The van der Waals surface area contributed by atoms with Crippen LogP contribution in [0.1, 0.15) is 58.8 Å². The normalized spacial score (nSPS) is 39.1. The molecular formula is C23H31NO4. The van der Waals surface area contributed by atoms with Crippen molar-refractivity contribution < 1.29 is 19.1 Å². The third-order valence-electron chi connectivity index (χ3n) is 8.41. The Morgan fingerprint density at radius 2 is 1.93 bits per heavy atom. The maximum absolute atomic E-state index is 12.8. The molecule has 2 saturated carbocycles. The van der Waals surface area contributed by atoms with Gasteiger partial charge in [-0.2, -0.15) is 0 Å². The molecule has 0 aromatic rings. The van der Waals surface area contributed by atoms with Gasteiger partial charge >= 0.3 is 5.97 Å². The second-order valence-electron chi connectivity index (χ2n) is 9.54. The summed E-state index contributed by atoms with van der Waals surface area (Å²) >= 11 is 0. The molecule has 4 aliphatic carbocycles. The highest BCUT2D eigenvalue weighted by atomic mass is 16.5. The molecule has 152 valence electrons. The Balaban J connectivity index is 1.53. The van der Waals surface area contributed by atoms with Gasteiger partial charge in [0.05, 0.1) is 7.11 Å². The van der Waals surface area contributed by atoms with Crippen LogP contribution >= 0.6 is 0 Å². The van der Waals surface area contributed by atoms with Crippen LogP contribution in [0.15, 0.2) is 23.3 Å². The second kappa shape index (κ2) is 6.85. The van der Waals surface area contributed by atoms with Gasteiger partial charge in [0.1, 0.15) is 6.54 Å². The van der Waals surface area contributed by atoms with E-state index in [1.54, 1.807) is 0 Å². The molecule has 5 heteroatoms. The zero-order chi connectivity index (χ0) is 20.1. The van der Waals surface area contributed by atoms with E-state index < -0.39 is 5.97 Å². The van der Waals surface area contributed by atoms with E-state index in [-0.39, 0.29) is 23.3 Å². The van der Waals surface area contributed by atoms with Crippen LogP contribution < -0.4 is 5.32 Å². The van der Waals surface area contributed by atoms with Crippen molar-refractivity contribution in [2.45, 2.75) is 58.8 Å². The first-order valence-corrected chi connectivity index (χ1v) is 10.6. The molecule has 0 aromatic heterocycles. The molecule has 5 nitrogen and oxygen atoms in total. The first-order chi connectivity index (χ1) is 13.3. The smallest absolute Gasteiger partial charge is 0.325 e. The van der Waals surface area contributed by atoms with Gasteiger partial charge in [-0.15, -0.1) is 0 Å². The number of rotatable bonds is 3. The molecule has 0 spiro atoms. The summed E-state index contributed by atoms with van der Waals surface area (Å²) < 4.78 is 4.63. The zero-order valence-corrected chi connectivity index (χ0v) is 17.2. The number of esters is 1. The number of carbonyl (C=O) groups excluding carboxylic acids is 3. The van der Waals surface area contributed by atoms with Gasteiger partial charge in [-0.05, 0) is 67.8 Å². The number of ether oxygens (including phenoxy) is 1. The lowest BCUT2D eigenvalue weighted by molar-refractivity contribution is -0.141. The van der Waals surface area contributed by atoms with Crippen LogP contribution in [-0.4, -0.2) is 31.3 Å². The van der Waals surface area contributed by atoms with E-state index in [9.17, 15) is 14.4 Å². The minimum Gasteiger partial charge on any atom is -0.468 e. The van der Waals surface area contributed by atoms with Crippen molar-refractivity contribution in [3.63, 3.8) is 0 Å². The van der Waals surface area contributed by atoms with E-state index >= 15 is 0 Å². The van der Waals surface area contributed by atoms with Gasteiger partial charge in [0.2, 0.25) is 5.91 Å². The SMILES string of the molecule is COC(=O)CNC(=O)C1=CC[C@H]2[C@@H]3CCC4=CC(=O)CC[C@]4(C)[C@H]3CC[C@]12C. The average Bonchev–Trinajstić information content (AvgIpc) is 3.03. The predicted molar refractivity (Wildman–Crippen MR) is 105 cm³/mol. The van der Waals surface area contributed by atoms with Crippen molar-refractivity contribution >= 4 is 17.7 Å². The van der Waals surface area contributed by atoms with Crippen LogP contribution in [-0.2, 0) is 19.1 Å². The summed E-state index contributed by atoms with van der Waals surface area (Å²) in [6, 6.07) is 0. The molecule has 0 aromatic carbocycles. The summed E-state index contributed by atoms with van der Waals surface area (Å²) in [5.74, 6) is 1.41. The Morgan fingerprint density at radius 1 is 1.14 bits per heavy atom. The molecule has 0 unspecified atom stereocenters. The number of hydrogen-bond donors (Lipinski definition) is 1. The number of amides is 1. The molecule has 0 bridgehead atoms. The summed E-state index contributed by atoms with van der Waals surface area (Å²) in [4.78, 5) is 36.1. The monoisotopic (exact) mass is 385 g/mol. The van der Waals surface area contributed by atoms with E-state index in [0.29, 0.717) is 30.0 Å². The van der Waals surface area contributed by atoms with Gasteiger partial charge in [0, 0.05) is 17.4 Å². The van der Waals surface area contributed by atoms with E-state index in [2.05, 4.69) is 30.0 Å². The molecule has 0 saturated heterocycles. The Morgan fingerprint density at radius 3 is 2.68 bits per heavy atom. The Labute approximate surface area is 167 Å². The fourth-order valence-corrected chi connectivity index (χ4v) is 6.80. The molecule has 1 N–H and O–H groups in total. The van der Waals surface area contributed by atoms with Gasteiger partial charge in [-0.3, -0.25) is 14.4 Å². The number of fused-ring (bicyclic) bond motifs is 5. The fraction of sp³-hybridized carbons (Fsp3) is 0.696. The number of ketones is 1. The van der Waals surface area contributed by atoms with Crippen LogP contribution in [0.2, 0.25) is 0 Å². The fourth-order valence-electron chi connectivity index (χ4n) is 6.80. The summed E-state index contributed by atoms with van der Waals surface area (Å²) in [5.41, 5.74) is 2.25. The average molecular weight is 386 g/mol. The number of methoxy groups -OCH3 is 1. The van der Waals surface area contributed by atoms with Crippen LogP contribution in [0.3, 0.4) is 0 Å². The highest BCUT2D eigenvalue weighted by Crippen LogP contribution is 2.65. The zero-order valence-electron chi connectivity index (χ0n) is 17.2. The van der Waals surface area contributed by atoms with Crippen molar-refractivity contribution in [3.05, 3.63) is 23.3 Å². The van der Waals surface area contributed by atoms with Crippen LogP contribution in [0.5, 0.6) is 0 Å². The van der Waals surface area contributed by atoms with Gasteiger partial charge in [0.25, 0.3) is 0 Å². The molecule has 5 atom stereocenters. The lowest BCUT2D eigenvalue weighted by Crippen LogP contribution is -2.51. The van der Waals surface area contributed by atoms with Crippen LogP contribution in [0.4, 0.5) is 0 Å². The summed E-state index contributed by atoms with van der Waals surface area (Å²) in [6.07, 6.45) is 10.8. The van der Waals surface area contributed by atoms with E-state index in [4.69, 9.17) is 0 Å². The largest absolute Gasteiger partial charge is 0.468 e. The van der Waals surface area contributed by atoms with Gasteiger partial charge < -0.3 is 10.1 Å². The number of allylic oxidation sites excluding steroid dienone is 3. The molecule has 0 aliphatic heterocycles. The molecule has 1 amide bonds. The minimum absolute atomic E-state index is 0.0836. The van der Waals surface area contributed by atoms with Crippen LogP contribution in [0, 0.1) is 28.6 Å². The Bertz CT molecular complexity index is 781. The van der Waals surface area contributed by atoms with Gasteiger partial charge in [0.15, 0.2) is 5.78 Å². The summed E-state index contributed by atoms with van der Waals surface area (Å²) in [5, 5.41) is 2.73. The highest BCUT2D eigenvalue weighted by Gasteiger charge is 2.57. The maximum atomic E-state index is 12.8. The Hall–Kier alpha value is -1.91. The highest BCUT2D eigenvalue weighted by molar-refractivity contribution is 5.97. The number of hydrogen-bond acceptors (Lipinski definition) is 4. The molecule has 4 rings (SSSR count). The summed E-state index contributed by atoms with van der Waals surface area (Å²) in [6.45, 7) is 4.53. The predicted octanol–water partition coefficient (Wildman–Crippen LogP) is 3.34. The molecule has 0 radical (unpaired) electrons. The number of carbonyl (C=O) groups is 3. The lowest BCUT2D eigenvalue weighted by atomic mass is 9.47. The summed E-state index contributed by atoms with van der Waals surface area (Å²) in [7, 11) is 1.33. The third kappa shape index (κ3) is 2.85. The van der Waals surface area contributed by atoms with E-state index in [0.717, 1.165) is 44.1 Å². The van der Waals surface area contributed by atoms with Crippen LogP contribution in [0.25, 0.3) is 0 Å². The van der Waals surface area contributed by atoms with Gasteiger partial charge in [-0.25, -0.2) is 0 Å². The minimum atomic E-state index is -0.427. The van der Waals surface area contributed by atoms with Gasteiger partial charge in [-0.1, -0.05) is 25.5 Å². The molecular weight excluding hydrogens is 354 g/mol. The van der Waals surface area contributed by atoms with E-state index in [1.165, 1.54) is 12.7 Å². The van der Waals surface area contributed by atoms with Crippen molar-refractivity contribution in [2.75, 3.05) is 13.7 Å². The standard InChI is InChI=1S/C23H31NO4/c1-22-10-8-15(25)12-14(22)4-5-16-17-6-7-19(21(27)24-13-20(26)28-3)23(17,2)11-9-18(16)22/h7,12,16-18H,4-6,8-11,13H2,1-3H3,(H,24,27)/t16-,17-,18-,22-,23-/m0/s1. The Kier molecular flexibility index (Phi) is 4.75. The topological polar surface area (TPSA) is 72.5 Å². The maximum Gasteiger partial charge on any atom is 0.325 e. The van der Waals surface area contributed by atoms with Crippen molar-refractivity contribution in [3.8, 4) is 0 Å². The quantitative estimate of drug-likeness (QED) is 0.756. The molecule has 28 heavy (non-hydrogen) atoms. The first-order valence-electron chi connectivity index (χ1n) is 10.6. The third-order valence-corrected chi connectivity index (χ3v) is 8.41. The lowest BCUT2D eigenvalue weighted by Gasteiger charge is -2.57. The van der Waals surface area contributed by atoms with E-state index in [1.807, 2.05) is 6.08 Å². The molecule has 2 fully saturated rings. The number of nitrogens with one attached hydrogen (secondary N) is 1. The van der Waals surface area contributed by atoms with Crippen molar-refractivity contribution in [2.24, 2.45) is 28.6 Å². The second-order valence-corrected chi connectivity index (χ2v) is 9.54. The first kappa shape index (κ1) is 19.4.